The quantitative estimate of drug-likeness (QED) is 0.728. The summed E-state index contributed by atoms with van der Waals surface area (Å²) in [6.45, 7) is 2.46. The number of aromatic nitrogens is 1. The average molecular weight is 322 g/mol. The molecule has 0 bridgehead atoms. The Morgan fingerprint density at radius 3 is 2.36 bits per heavy atom. The van der Waals surface area contributed by atoms with Crippen molar-refractivity contribution in [2.75, 3.05) is 13.1 Å². The number of carbonyl (C=O) groups is 1. The Hall–Kier alpha value is -2.16. The third-order valence-electron chi connectivity index (χ3n) is 3.26. The number of hydrogen-bond acceptors (Lipinski definition) is 4. The molecule has 1 amide bonds. The minimum atomic E-state index is -3.81. The summed E-state index contributed by atoms with van der Waals surface area (Å²) in [5.41, 5.74) is 7.90. The van der Waals surface area contributed by atoms with E-state index in [0.717, 1.165) is 15.1 Å². The summed E-state index contributed by atoms with van der Waals surface area (Å²) in [7, 11) is -3.81. The summed E-state index contributed by atoms with van der Waals surface area (Å²) >= 11 is 0. The van der Waals surface area contributed by atoms with Crippen molar-refractivity contribution in [3.05, 3.63) is 47.8 Å². The SMILES string of the molecule is Cc1c(-c2ccc(C(=O)NCCN)cc2)ccn1S(N)(=O)=O. The van der Waals surface area contributed by atoms with Gasteiger partial charge in [0.15, 0.2) is 0 Å². The van der Waals surface area contributed by atoms with E-state index in [9.17, 15) is 13.2 Å². The molecule has 0 atom stereocenters. The lowest BCUT2D eigenvalue weighted by Crippen LogP contribution is -2.28. The number of hydrogen-bond donors (Lipinski definition) is 3. The van der Waals surface area contributed by atoms with E-state index in [1.165, 1.54) is 6.20 Å². The second-order valence-corrected chi connectivity index (χ2v) is 6.20. The van der Waals surface area contributed by atoms with Crippen molar-refractivity contribution in [1.29, 1.82) is 0 Å². The van der Waals surface area contributed by atoms with Crippen LogP contribution >= 0.6 is 0 Å². The molecule has 0 saturated carbocycles. The summed E-state index contributed by atoms with van der Waals surface area (Å²) in [6, 6.07) is 8.54. The molecule has 0 fully saturated rings. The van der Waals surface area contributed by atoms with Gasteiger partial charge in [-0.05, 0) is 30.7 Å². The first-order valence-electron chi connectivity index (χ1n) is 6.64. The number of rotatable bonds is 5. The van der Waals surface area contributed by atoms with Gasteiger partial charge in [-0.1, -0.05) is 12.1 Å². The molecule has 0 saturated heterocycles. The number of benzene rings is 1. The third kappa shape index (κ3) is 3.35. The fourth-order valence-corrected chi connectivity index (χ4v) is 2.87. The van der Waals surface area contributed by atoms with E-state index in [1.807, 2.05) is 0 Å². The van der Waals surface area contributed by atoms with Crippen LogP contribution in [0.1, 0.15) is 16.1 Å². The Morgan fingerprint density at radius 2 is 1.86 bits per heavy atom. The van der Waals surface area contributed by atoms with Gasteiger partial charge in [-0.2, -0.15) is 8.42 Å². The topological polar surface area (TPSA) is 120 Å². The average Bonchev–Trinajstić information content (AvgIpc) is 2.86. The second kappa shape index (κ2) is 6.30. The van der Waals surface area contributed by atoms with Crippen molar-refractivity contribution in [3.8, 4) is 11.1 Å². The van der Waals surface area contributed by atoms with Gasteiger partial charge in [-0.3, -0.25) is 4.79 Å². The molecule has 1 aromatic heterocycles. The molecule has 2 aromatic rings. The van der Waals surface area contributed by atoms with E-state index in [-0.39, 0.29) is 5.91 Å². The Labute approximate surface area is 129 Å². The van der Waals surface area contributed by atoms with Crippen LogP contribution in [0.3, 0.4) is 0 Å². The largest absolute Gasteiger partial charge is 0.351 e. The van der Waals surface area contributed by atoms with Crippen LogP contribution in [-0.4, -0.2) is 31.4 Å². The molecular formula is C14H18N4O3S. The Bertz CT molecular complexity index is 779. The monoisotopic (exact) mass is 322 g/mol. The first-order chi connectivity index (χ1) is 10.3. The number of nitrogens with two attached hydrogens (primary N) is 2. The molecule has 2 rings (SSSR count). The number of nitrogens with zero attached hydrogens (tertiary/aromatic N) is 1. The Kier molecular flexibility index (Phi) is 4.65. The van der Waals surface area contributed by atoms with Crippen molar-refractivity contribution in [2.24, 2.45) is 10.9 Å². The van der Waals surface area contributed by atoms with Gasteiger partial charge in [-0.15, -0.1) is 0 Å². The van der Waals surface area contributed by atoms with Crippen LogP contribution in [0, 0.1) is 6.92 Å². The zero-order valence-corrected chi connectivity index (χ0v) is 12.9. The normalized spacial score (nSPS) is 11.4. The molecule has 0 aliphatic rings. The molecule has 0 spiro atoms. The predicted molar refractivity (Wildman–Crippen MR) is 84.5 cm³/mol. The van der Waals surface area contributed by atoms with E-state index in [0.29, 0.717) is 24.3 Å². The lowest BCUT2D eigenvalue weighted by atomic mass is 10.0. The van der Waals surface area contributed by atoms with E-state index in [4.69, 9.17) is 10.9 Å². The molecule has 8 heteroatoms. The van der Waals surface area contributed by atoms with Crippen LogP contribution in [0.5, 0.6) is 0 Å². The third-order valence-corrected chi connectivity index (χ3v) is 4.20. The highest BCUT2D eigenvalue weighted by Crippen LogP contribution is 2.25. The van der Waals surface area contributed by atoms with Crippen LogP contribution in [0.4, 0.5) is 0 Å². The second-order valence-electron chi connectivity index (χ2n) is 4.78. The summed E-state index contributed by atoms with van der Waals surface area (Å²) in [5.74, 6) is -0.198. The van der Waals surface area contributed by atoms with Gasteiger partial charge in [0.1, 0.15) is 0 Å². The summed E-state index contributed by atoms with van der Waals surface area (Å²) in [6.07, 6.45) is 1.40. The van der Waals surface area contributed by atoms with E-state index in [1.54, 1.807) is 37.3 Å². The van der Waals surface area contributed by atoms with E-state index < -0.39 is 10.2 Å². The maximum Gasteiger partial charge on any atom is 0.302 e. The maximum absolute atomic E-state index is 11.8. The van der Waals surface area contributed by atoms with E-state index >= 15 is 0 Å². The van der Waals surface area contributed by atoms with Crippen LogP contribution < -0.4 is 16.2 Å². The highest BCUT2D eigenvalue weighted by Gasteiger charge is 2.14. The van der Waals surface area contributed by atoms with Crippen molar-refractivity contribution in [3.63, 3.8) is 0 Å². The van der Waals surface area contributed by atoms with Gasteiger partial charge in [0.2, 0.25) is 0 Å². The molecule has 5 N–H and O–H groups in total. The van der Waals surface area contributed by atoms with Gasteiger partial charge in [0.25, 0.3) is 5.91 Å². The smallest absolute Gasteiger partial charge is 0.302 e. The summed E-state index contributed by atoms with van der Waals surface area (Å²) in [4.78, 5) is 11.8. The van der Waals surface area contributed by atoms with Gasteiger partial charge < -0.3 is 11.1 Å². The molecule has 0 aliphatic carbocycles. The van der Waals surface area contributed by atoms with Gasteiger partial charge in [0, 0.05) is 36.1 Å². The molecule has 7 nitrogen and oxygen atoms in total. The fourth-order valence-electron chi connectivity index (χ4n) is 2.16. The minimum Gasteiger partial charge on any atom is -0.351 e. The molecule has 0 radical (unpaired) electrons. The van der Waals surface area contributed by atoms with Gasteiger partial charge in [-0.25, -0.2) is 9.11 Å². The molecule has 1 aromatic carbocycles. The van der Waals surface area contributed by atoms with Crippen LogP contribution in [0.15, 0.2) is 36.5 Å². The van der Waals surface area contributed by atoms with Crippen LogP contribution in [0.2, 0.25) is 0 Å². The van der Waals surface area contributed by atoms with E-state index in [2.05, 4.69) is 5.32 Å². The molecule has 1 heterocycles. The molecule has 0 unspecified atom stereocenters. The van der Waals surface area contributed by atoms with Crippen LogP contribution in [-0.2, 0) is 10.2 Å². The summed E-state index contributed by atoms with van der Waals surface area (Å²) < 4.78 is 23.9. The van der Waals surface area contributed by atoms with Crippen molar-refractivity contribution in [1.82, 2.24) is 9.29 Å². The first kappa shape index (κ1) is 16.2. The fraction of sp³-hybridized carbons (Fsp3) is 0.214. The number of carbonyl (C=O) groups excluding carboxylic acids is 1. The van der Waals surface area contributed by atoms with Crippen molar-refractivity contribution >= 4 is 16.1 Å². The lowest BCUT2D eigenvalue weighted by molar-refractivity contribution is 0.0955. The lowest BCUT2D eigenvalue weighted by Gasteiger charge is -2.07. The highest BCUT2D eigenvalue weighted by molar-refractivity contribution is 7.87. The van der Waals surface area contributed by atoms with Crippen molar-refractivity contribution < 1.29 is 13.2 Å². The first-order valence-corrected chi connectivity index (χ1v) is 8.15. The molecule has 22 heavy (non-hydrogen) atoms. The highest BCUT2D eigenvalue weighted by atomic mass is 32.2. The molecule has 118 valence electrons. The maximum atomic E-state index is 11.8. The van der Waals surface area contributed by atoms with Gasteiger partial charge >= 0.3 is 10.2 Å². The number of nitrogens with one attached hydrogen (secondary N) is 1. The standard InChI is InChI=1S/C14H18N4O3S/c1-10-13(6-9-18(10)22(16,20)21)11-2-4-12(5-3-11)14(19)17-8-7-15/h2-6,9H,7-8,15H2,1H3,(H,17,19)(H2,16,20,21). The zero-order chi connectivity index (χ0) is 16.3. The Morgan fingerprint density at radius 1 is 1.23 bits per heavy atom. The van der Waals surface area contributed by atoms with Crippen LogP contribution in [0.25, 0.3) is 11.1 Å². The predicted octanol–water partition coefficient (Wildman–Crippen LogP) is 0.204. The number of amides is 1. The zero-order valence-electron chi connectivity index (χ0n) is 12.1. The molecular weight excluding hydrogens is 304 g/mol. The minimum absolute atomic E-state index is 0.198. The van der Waals surface area contributed by atoms with Crippen molar-refractivity contribution in [2.45, 2.75) is 6.92 Å². The molecule has 0 aliphatic heterocycles. The Balaban J connectivity index is 2.28. The van der Waals surface area contributed by atoms with Gasteiger partial charge in [0.05, 0.1) is 0 Å². The summed E-state index contributed by atoms with van der Waals surface area (Å²) in [5, 5.41) is 7.81.